The molecule has 0 aliphatic carbocycles. The summed E-state index contributed by atoms with van der Waals surface area (Å²) in [6.45, 7) is 16.9. The lowest BCUT2D eigenvalue weighted by atomic mass is 9.81. The fourth-order valence-electron chi connectivity index (χ4n) is 9.90. The molecule has 594 valence electrons. The van der Waals surface area contributed by atoms with Crippen LogP contribution in [0.5, 0.6) is 0 Å². The summed E-state index contributed by atoms with van der Waals surface area (Å²) in [6, 6.07) is 5.47. The molecule has 0 saturated heterocycles. The summed E-state index contributed by atoms with van der Waals surface area (Å²) in [5, 5.41) is 0. The topological polar surface area (TPSA) is 150 Å². The summed E-state index contributed by atoms with van der Waals surface area (Å²) < 4.78 is 80.5. The molecule has 24 nitrogen and oxygen atoms in total. The molecule has 0 aliphatic rings. The standard InChI is InChI=1S/C72H150N12O12Si6/c1-73(2)31-43-85-67(86-44-32-74(3)4)97-55-25-61-62(26-56-98-68(87-45-33-75(5)6)88-46-34-76(7)8)64(28-58-100-70(91-49-37-79(13)14)92-50-38-80(15)16)66(30-60-102-72(95-53-41-83(21)22)96-54-42-84(23)24)65(29-59-101-71(93-51-39-81(17)18)94-52-40-82(19)20)63(61)27-57-99-69(89-47-35-77(9)10)90-48-36-78(11)12/h67-72H,25-60H2,1-24H3. The Morgan fingerprint density at radius 1 is 0.167 bits per heavy atom. The van der Waals surface area contributed by atoms with Gasteiger partial charge in [0, 0.05) is 78.5 Å². The third kappa shape index (κ3) is 55.9. The van der Waals surface area contributed by atoms with Gasteiger partial charge in [-0.25, -0.2) is 0 Å². The van der Waals surface area contributed by atoms with Gasteiger partial charge in [0.15, 0.2) is 0 Å². The number of rotatable bonds is 72. The zero-order chi connectivity index (χ0) is 76.0. The van der Waals surface area contributed by atoms with Crippen LogP contribution in [-0.2, 0) is 95.4 Å². The molecule has 0 N–H and O–H groups in total. The van der Waals surface area contributed by atoms with Crippen molar-refractivity contribution in [3.8, 4) is 0 Å². The van der Waals surface area contributed by atoms with Crippen molar-refractivity contribution in [2.24, 2.45) is 0 Å². The third-order valence-electron chi connectivity index (χ3n) is 16.0. The van der Waals surface area contributed by atoms with Crippen molar-refractivity contribution >= 4 is 57.1 Å². The monoisotopic (exact) mass is 1540 g/mol. The highest BCUT2D eigenvalue weighted by Gasteiger charge is 2.28. The Kier molecular flexibility index (Phi) is 61.7. The molecule has 1 aromatic rings. The Hall–Kier alpha value is -0.439. The van der Waals surface area contributed by atoms with Gasteiger partial charge in [-0.15, -0.1) is 0 Å². The van der Waals surface area contributed by atoms with Crippen LogP contribution in [0.1, 0.15) is 33.4 Å². The van der Waals surface area contributed by atoms with E-state index in [0.717, 1.165) is 153 Å². The summed E-state index contributed by atoms with van der Waals surface area (Å²) in [5.74, 6) is -1.91. The van der Waals surface area contributed by atoms with Crippen LogP contribution in [0.2, 0.25) is 36.3 Å². The molecular weight excluding hydrogens is 1390 g/mol. The van der Waals surface area contributed by atoms with Gasteiger partial charge in [0.2, 0.25) is 0 Å². The fraction of sp³-hybridized carbons (Fsp3) is 0.917. The minimum Gasteiger partial charge on any atom is -0.356 e. The minimum atomic E-state index is -0.318. The molecule has 1 aromatic carbocycles. The molecule has 0 saturated carbocycles. The summed E-state index contributed by atoms with van der Waals surface area (Å²) >= 11 is 0. The highest BCUT2D eigenvalue weighted by atomic mass is 28.2. The van der Waals surface area contributed by atoms with E-state index in [4.69, 9.17) is 56.8 Å². The van der Waals surface area contributed by atoms with Gasteiger partial charge in [-0.05, 0) is 241 Å². The predicted octanol–water partition coefficient (Wildman–Crippen LogP) is 2.32. The lowest BCUT2D eigenvalue weighted by Crippen LogP contribution is -2.32. The van der Waals surface area contributed by atoms with E-state index in [1.54, 1.807) is 0 Å². The maximum Gasteiger partial charge on any atom is 0.137 e. The molecule has 1 rings (SSSR count). The summed E-state index contributed by atoms with van der Waals surface area (Å²) in [6.07, 6.45) is 5.29. The Balaban J connectivity index is 4.92. The first-order chi connectivity index (χ1) is 48.6. The summed E-state index contributed by atoms with van der Waals surface area (Å²) in [7, 11) is 53.0. The van der Waals surface area contributed by atoms with Gasteiger partial charge in [0.05, 0.1) is 79.3 Å². The highest BCUT2D eigenvalue weighted by molar-refractivity contribution is 6.38. The molecule has 0 aromatic heterocycles. The third-order valence-corrected chi connectivity index (χ3v) is 23.2. The van der Waals surface area contributed by atoms with E-state index in [1.165, 1.54) is 33.4 Å². The van der Waals surface area contributed by atoms with Gasteiger partial charge >= 0.3 is 0 Å². The smallest absolute Gasteiger partial charge is 0.137 e. The Morgan fingerprint density at radius 3 is 0.333 bits per heavy atom. The van der Waals surface area contributed by atoms with Crippen LogP contribution in [0.4, 0.5) is 0 Å². The fourth-order valence-corrected chi connectivity index (χ4v) is 16.5. The molecule has 12 radical (unpaired) electrons. The number of hydrogen-bond acceptors (Lipinski definition) is 24. The van der Waals surface area contributed by atoms with E-state index in [2.05, 4.69) is 228 Å². The van der Waals surface area contributed by atoms with Crippen molar-refractivity contribution in [3.05, 3.63) is 33.4 Å². The van der Waals surface area contributed by atoms with Crippen molar-refractivity contribution in [1.82, 2.24) is 58.8 Å². The molecular formula is C72H150N12O12Si6. The number of hydrogen-bond donors (Lipinski definition) is 0. The SMILES string of the molecule is CN(C)CCOC(OCCN(C)C)[Si]CCc1c(CC[Si]C(OCCN(C)C)OCCN(C)C)c(CC[Si]C(OCCN(C)C)OCCN(C)C)c(CC[Si]C(OCCN(C)C)OCCN(C)C)c(CC[Si]C(OCCN(C)C)OCCN(C)C)c1CC[Si]C(OCCN(C)C)OCCN(C)C. The molecule has 0 amide bonds. The normalized spacial score (nSPS) is 12.9. The number of nitrogens with zero attached hydrogens (tertiary/aromatic N) is 12. The van der Waals surface area contributed by atoms with E-state index in [-0.39, 0.29) is 35.5 Å². The molecule has 0 spiro atoms. The number of likely N-dealkylation sites (N-methyl/N-ethyl adjacent to an activating group) is 12. The average Bonchev–Trinajstić information content (AvgIpc) is 0.768. The predicted molar refractivity (Wildman–Crippen MR) is 429 cm³/mol. The van der Waals surface area contributed by atoms with Crippen LogP contribution in [0, 0.1) is 0 Å². The molecule has 0 bridgehead atoms. The van der Waals surface area contributed by atoms with E-state index >= 15 is 0 Å². The second-order valence-electron chi connectivity index (χ2n) is 29.2. The molecule has 0 aliphatic heterocycles. The highest BCUT2D eigenvalue weighted by Crippen LogP contribution is 2.36. The van der Waals surface area contributed by atoms with Gasteiger partial charge in [-0.2, -0.15) is 0 Å². The lowest BCUT2D eigenvalue weighted by Gasteiger charge is -2.30. The van der Waals surface area contributed by atoms with Gasteiger partial charge in [0.25, 0.3) is 0 Å². The Labute approximate surface area is 639 Å². The lowest BCUT2D eigenvalue weighted by molar-refractivity contribution is -0.0952. The summed E-state index contributed by atoms with van der Waals surface area (Å²) in [4.78, 5) is 26.2. The minimum absolute atomic E-state index is 0.318. The maximum absolute atomic E-state index is 6.70. The van der Waals surface area contributed by atoms with Gasteiger partial charge in [-0.1, -0.05) is 36.3 Å². The number of benzene rings is 1. The molecule has 0 unspecified atom stereocenters. The average molecular weight is 1540 g/mol. The van der Waals surface area contributed by atoms with Crippen LogP contribution in [-0.4, -0.2) is 478 Å². The van der Waals surface area contributed by atoms with E-state index < -0.39 is 0 Å². The largest absolute Gasteiger partial charge is 0.356 e. The first kappa shape index (κ1) is 99.6. The number of ether oxygens (including phenoxy) is 12. The van der Waals surface area contributed by atoms with E-state index in [0.29, 0.717) is 136 Å². The van der Waals surface area contributed by atoms with Crippen molar-refractivity contribution in [1.29, 1.82) is 0 Å². The summed E-state index contributed by atoms with van der Waals surface area (Å²) in [5.41, 5.74) is 8.90. The first-order valence-corrected chi connectivity index (χ1v) is 45.0. The van der Waals surface area contributed by atoms with Gasteiger partial charge in [-0.3, -0.25) is 0 Å². The zero-order valence-corrected chi connectivity index (χ0v) is 75.2. The molecule has 0 heterocycles. The second-order valence-corrected chi connectivity index (χ2v) is 37.5. The molecule has 0 fully saturated rings. The van der Waals surface area contributed by atoms with Crippen molar-refractivity contribution in [2.45, 2.75) is 110 Å². The quantitative estimate of drug-likeness (QED) is 0.0694. The van der Waals surface area contributed by atoms with Crippen LogP contribution in [0.15, 0.2) is 0 Å². The second kappa shape index (κ2) is 63.2. The van der Waals surface area contributed by atoms with Crippen LogP contribution < -0.4 is 0 Å². The van der Waals surface area contributed by atoms with E-state index in [1.807, 2.05) is 0 Å². The van der Waals surface area contributed by atoms with Crippen LogP contribution in [0.3, 0.4) is 0 Å². The van der Waals surface area contributed by atoms with Gasteiger partial charge < -0.3 is 116 Å². The Morgan fingerprint density at radius 2 is 0.255 bits per heavy atom. The maximum atomic E-state index is 6.70. The molecule has 30 heteroatoms. The van der Waals surface area contributed by atoms with Crippen LogP contribution in [0.25, 0.3) is 0 Å². The van der Waals surface area contributed by atoms with Crippen molar-refractivity contribution < 1.29 is 56.8 Å². The van der Waals surface area contributed by atoms with Crippen molar-refractivity contribution in [3.63, 3.8) is 0 Å². The zero-order valence-electron chi connectivity index (χ0n) is 69.2. The first-order valence-electron chi connectivity index (χ1n) is 37.3. The Bertz CT molecular complexity index is 1650. The van der Waals surface area contributed by atoms with Crippen molar-refractivity contribution in [2.75, 3.05) is 327 Å². The van der Waals surface area contributed by atoms with Gasteiger partial charge in [0.1, 0.15) is 92.6 Å². The van der Waals surface area contributed by atoms with Crippen LogP contribution >= 0.6 is 0 Å². The molecule has 0 atom stereocenters. The van der Waals surface area contributed by atoms with E-state index in [9.17, 15) is 0 Å². The molecule has 102 heavy (non-hydrogen) atoms.